The molecule has 0 bridgehead atoms. The Morgan fingerprint density at radius 3 is 2.72 bits per heavy atom. The summed E-state index contributed by atoms with van der Waals surface area (Å²) in [6.45, 7) is 3.64. The lowest BCUT2D eigenvalue weighted by molar-refractivity contribution is -0.139. The number of thiazole rings is 1. The lowest BCUT2D eigenvalue weighted by Crippen LogP contribution is -2.39. The molecule has 0 radical (unpaired) electrons. The quantitative estimate of drug-likeness (QED) is 0.601. The molecule has 0 unspecified atom stereocenters. The van der Waals surface area contributed by atoms with E-state index in [0.29, 0.717) is 20.6 Å². The van der Waals surface area contributed by atoms with E-state index in [-0.39, 0.29) is 17.7 Å². The summed E-state index contributed by atoms with van der Waals surface area (Å²) in [7, 11) is 0. The molecule has 0 N–H and O–H groups in total. The molecule has 29 heavy (non-hydrogen) atoms. The van der Waals surface area contributed by atoms with Gasteiger partial charge < -0.3 is 4.74 Å². The topological polar surface area (TPSA) is 60.7 Å². The molecular weight excluding hydrogens is 411 g/mol. The number of fused-ring (bicyclic) bond motifs is 1. The van der Waals surface area contributed by atoms with E-state index >= 15 is 0 Å². The second-order valence-electron chi connectivity index (χ2n) is 6.37. The average Bonchev–Trinajstić information content (AvgIpc) is 3.30. The van der Waals surface area contributed by atoms with Crippen molar-refractivity contribution < 1.29 is 13.9 Å². The molecule has 3 aromatic rings. The molecule has 0 saturated heterocycles. The fourth-order valence-corrected chi connectivity index (χ4v) is 5.02. The summed E-state index contributed by atoms with van der Waals surface area (Å²) in [5.74, 6) is -0.923. The highest BCUT2D eigenvalue weighted by Crippen LogP contribution is 2.30. The molecule has 4 rings (SSSR count). The molecule has 1 aliphatic heterocycles. The van der Waals surface area contributed by atoms with Gasteiger partial charge in [-0.3, -0.25) is 9.36 Å². The molecule has 0 aliphatic carbocycles. The van der Waals surface area contributed by atoms with E-state index < -0.39 is 17.8 Å². The fourth-order valence-electron chi connectivity index (χ4n) is 3.25. The third-order valence-electron chi connectivity index (χ3n) is 4.52. The van der Waals surface area contributed by atoms with Crippen LogP contribution in [0.5, 0.6) is 0 Å². The predicted molar refractivity (Wildman–Crippen MR) is 111 cm³/mol. The smallest absolute Gasteiger partial charge is 0.338 e. The van der Waals surface area contributed by atoms with Crippen molar-refractivity contribution in [2.24, 2.45) is 4.99 Å². The van der Waals surface area contributed by atoms with Gasteiger partial charge in [0.1, 0.15) is 5.82 Å². The van der Waals surface area contributed by atoms with Crippen molar-refractivity contribution >= 4 is 34.7 Å². The van der Waals surface area contributed by atoms with Gasteiger partial charge in [0, 0.05) is 4.88 Å². The minimum atomic E-state index is -0.726. The lowest BCUT2D eigenvalue weighted by atomic mass is 9.96. The number of allylic oxidation sites excluding steroid dienone is 1. The summed E-state index contributed by atoms with van der Waals surface area (Å²) in [5.41, 5.74) is 1.15. The first-order chi connectivity index (χ1) is 14.0. The van der Waals surface area contributed by atoms with E-state index in [4.69, 9.17) is 4.74 Å². The number of ether oxygens (including phenoxy) is 1. The van der Waals surface area contributed by atoms with Crippen LogP contribution in [0.4, 0.5) is 4.39 Å². The first kappa shape index (κ1) is 19.5. The van der Waals surface area contributed by atoms with Crippen molar-refractivity contribution in [3.8, 4) is 0 Å². The number of halogens is 1. The molecule has 148 valence electrons. The molecule has 0 saturated carbocycles. The normalized spacial score (nSPS) is 16.5. The second kappa shape index (κ2) is 7.88. The van der Waals surface area contributed by atoms with Crippen LogP contribution < -0.4 is 14.9 Å². The zero-order valence-electron chi connectivity index (χ0n) is 15.7. The van der Waals surface area contributed by atoms with Gasteiger partial charge in [0.15, 0.2) is 4.80 Å². The largest absolute Gasteiger partial charge is 0.463 e. The Bertz CT molecular complexity index is 1270. The Balaban J connectivity index is 1.97. The number of hydrogen-bond donors (Lipinski definition) is 0. The third-order valence-corrected chi connectivity index (χ3v) is 6.32. The summed E-state index contributed by atoms with van der Waals surface area (Å²) in [5, 5.41) is 1.94. The fraction of sp³-hybridized carbons (Fsp3) is 0.190. The van der Waals surface area contributed by atoms with E-state index in [1.165, 1.54) is 39.4 Å². The molecule has 0 spiro atoms. The third kappa shape index (κ3) is 3.61. The standard InChI is InChI=1S/C21H17FN2O3S2/c1-3-27-20(26)17-12(2)23-21-24(18(17)13-6-8-14(22)9-7-13)19(25)16(29-21)11-15-5-4-10-28-15/h4-11,18H,3H2,1-2H3/b16-11+/t18-/m1/s1. The Kier molecular flexibility index (Phi) is 5.29. The summed E-state index contributed by atoms with van der Waals surface area (Å²) >= 11 is 2.80. The van der Waals surface area contributed by atoms with E-state index in [1.54, 1.807) is 26.0 Å². The number of nitrogens with zero attached hydrogens (tertiary/aromatic N) is 2. The zero-order chi connectivity index (χ0) is 20.5. The van der Waals surface area contributed by atoms with Crippen LogP contribution in [0.2, 0.25) is 0 Å². The van der Waals surface area contributed by atoms with Crippen molar-refractivity contribution in [2.75, 3.05) is 6.61 Å². The number of carbonyl (C=O) groups excluding carboxylic acids is 1. The second-order valence-corrected chi connectivity index (χ2v) is 8.36. The maximum atomic E-state index is 13.5. The van der Waals surface area contributed by atoms with Gasteiger partial charge in [0.25, 0.3) is 5.56 Å². The minimum Gasteiger partial charge on any atom is -0.463 e. The van der Waals surface area contributed by atoms with Crippen molar-refractivity contribution in [1.82, 2.24) is 4.57 Å². The van der Waals surface area contributed by atoms with Crippen LogP contribution in [0.1, 0.15) is 30.3 Å². The molecule has 0 amide bonds. The predicted octanol–water partition coefficient (Wildman–Crippen LogP) is 3.00. The molecule has 0 fully saturated rings. The molecule has 1 atom stereocenters. The van der Waals surface area contributed by atoms with Gasteiger partial charge in [0.2, 0.25) is 0 Å². The lowest BCUT2D eigenvalue weighted by Gasteiger charge is -2.24. The van der Waals surface area contributed by atoms with Crippen LogP contribution in [-0.2, 0) is 9.53 Å². The SMILES string of the molecule is CCOC(=O)C1=C(C)N=c2s/c(=C/c3cccs3)c(=O)n2[C@@H]1c1ccc(F)cc1. The van der Waals surface area contributed by atoms with E-state index in [2.05, 4.69) is 4.99 Å². The number of rotatable bonds is 4. The molecule has 1 aromatic carbocycles. The monoisotopic (exact) mass is 428 g/mol. The van der Waals surface area contributed by atoms with Gasteiger partial charge in [-0.25, -0.2) is 14.2 Å². The zero-order valence-corrected chi connectivity index (χ0v) is 17.3. The molecule has 8 heteroatoms. The number of benzene rings is 1. The number of esters is 1. The van der Waals surface area contributed by atoms with E-state index in [0.717, 1.165) is 4.88 Å². The van der Waals surface area contributed by atoms with E-state index in [1.807, 2.05) is 23.6 Å². The van der Waals surface area contributed by atoms with Crippen molar-refractivity contribution in [3.05, 3.63) is 89.0 Å². The molecule has 5 nitrogen and oxygen atoms in total. The first-order valence-corrected chi connectivity index (χ1v) is 10.7. The minimum absolute atomic E-state index is 0.203. The summed E-state index contributed by atoms with van der Waals surface area (Å²) in [4.78, 5) is 31.9. The Hall–Kier alpha value is -2.84. The average molecular weight is 429 g/mol. The van der Waals surface area contributed by atoms with Crippen LogP contribution in [0, 0.1) is 5.82 Å². The summed E-state index contributed by atoms with van der Waals surface area (Å²) < 4.78 is 20.8. The van der Waals surface area contributed by atoms with Gasteiger partial charge in [-0.05, 0) is 49.1 Å². The van der Waals surface area contributed by atoms with E-state index in [9.17, 15) is 14.0 Å². The van der Waals surface area contributed by atoms with Crippen molar-refractivity contribution in [2.45, 2.75) is 19.9 Å². The molecule has 1 aliphatic rings. The van der Waals surface area contributed by atoms with Crippen molar-refractivity contribution in [1.29, 1.82) is 0 Å². The van der Waals surface area contributed by atoms with Crippen LogP contribution in [0.15, 0.2) is 62.8 Å². The maximum absolute atomic E-state index is 13.5. The highest BCUT2D eigenvalue weighted by molar-refractivity contribution is 7.11. The number of carbonyl (C=O) groups is 1. The molecule has 3 heterocycles. The first-order valence-electron chi connectivity index (χ1n) is 8.98. The van der Waals surface area contributed by atoms with Gasteiger partial charge in [-0.1, -0.05) is 29.5 Å². The maximum Gasteiger partial charge on any atom is 0.338 e. The Morgan fingerprint density at radius 2 is 2.07 bits per heavy atom. The van der Waals surface area contributed by atoms with Gasteiger partial charge >= 0.3 is 5.97 Å². The molecule has 2 aromatic heterocycles. The van der Waals surface area contributed by atoms with Crippen LogP contribution >= 0.6 is 22.7 Å². The number of thiophene rings is 1. The number of hydrogen-bond acceptors (Lipinski definition) is 6. The summed E-state index contributed by atoms with van der Waals surface area (Å²) in [6.07, 6.45) is 1.82. The highest BCUT2D eigenvalue weighted by atomic mass is 32.1. The van der Waals surface area contributed by atoms with Gasteiger partial charge in [-0.15, -0.1) is 11.3 Å². The van der Waals surface area contributed by atoms with Gasteiger partial charge in [0.05, 0.1) is 28.5 Å². The Labute approximate surface area is 173 Å². The van der Waals surface area contributed by atoms with Crippen LogP contribution in [0.3, 0.4) is 0 Å². The summed E-state index contributed by atoms with van der Waals surface area (Å²) in [6, 6.07) is 8.90. The van der Waals surface area contributed by atoms with Crippen molar-refractivity contribution in [3.63, 3.8) is 0 Å². The van der Waals surface area contributed by atoms with Crippen LogP contribution in [0.25, 0.3) is 6.08 Å². The van der Waals surface area contributed by atoms with Crippen LogP contribution in [-0.4, -0.2) is 17.1 Å². The van der Waals surface area contributed by atoms with Gasteiger partial charge in [-0.2, -0.15) is 0 Å². The Morgan fingerprint density at radius 1 is 1.31 bits per heavy atom. The number of aromatic nitrogens is 1. The highest BCUT2D eigenvalue weighted by Gasteiger charge is 2.33. The molecular formula is C21H17FN2O3S2.